The van der Waals surface area contributed by atoms with Crippen LogP contribution in [-0.4, -0.2) is 149 Å². The van der Waals surface area contributed by atoms with Gasteiger partial charge in [-0.05, 0) is 73.9 Å². The van der Waals surface area contributed by atoms with Crippen molar-refractivity contribution < 1.29 is 33.6 Å². The number of nitrogens with one attached hydrogen (secondary N) is 1. The molecular formula is C41H47N9O7. The summed E-state index contributed by atoms with van der Waals surface area (Å²) in [6, 6.07) is 15.4. The van der Waals surface area contributed by atoms with Crippen molar-refractivity contribution >= 4 is 58.5 Å². The number of urea groups is 1. The number of piperazine rings is 2. The third kappa shape index (κ3) is 7.19. The van der Waals surface area contributed by atoms with Gasteiger partial charge in [-0.15, -0.1) is 0 Å². The van der Waals surface area contributed by atoms with Gasteiger partial charge in [-0.1, -0.05) is 0 Å². The Labute approximate surface area is 330 Å². The van der Waals surface area contributed by atoms with Crippen LogP contribution in [0.15, 0.2) is 60.8 Å². The van der Waals surface area contributed by atoms with Gasteiger partial charge in [0.15, 0.2) is 0 Å². The molecule has 1 N–H and O–H groups in total. The molecule has 1 unspecified atom stereocenters. The van der Waals surface area contributed by atoms with Crippen LogP contribution in [0.1, 0.15) is 56.9 Å². The summed E-state index contributed by atoms with van der Waals surface area (Å²) in [6.45, 7) is 5.59. The second-order valence-corrected chi connectivity index (χ2v) is 15.4. The Bertz CT molecular complexity index is 2110. The van der Waals surface area contributed by atoms with Gasteiger partial charge in [0.25, 0.3) is 23.6 Å². The quantitative estimate of drug-likeness (QED) is 0.371. The van der Waals surface area contributed by atoms with Crippen LogP contribution >= 0.6 is 0 Å². The van der Waals surface area contributed by atoms with Crippen molar-refractivity contribution in [2.24, 2.45) is 13.0 Å². The number of benzene rings is 2. The number of hydrogen-bond donors (Lipinski definition) is 1. The van der Waals surface area contributed by atoms with Crippen molar-refractivity contribution in [3.05, 3.63) is 77.6 Å². The number of amides is 8. The summed E-state index contributed by atoms with van der Waals surface area (Å²) >= 11 is 0. The van der Waals surface area contributed by atoms with Crippen LogP contribution < -0.4 is 15.1 Å². The number of fused-ring (bicyclic) bond motifs is 1. The van der Waals surface area contributed by atoms with Crippen molar-refractivity contribution in [3.8, 4) is 0 Å². The Balaban J connectivity index is 0.782. The molecule has 5 aliphatic rings. The van der Waals surface area contributed by atoms with Gasteiger partial charge >= 0.3 is 6.03 Å². The lowest BCUT2D eigenvalue weighted by atomic mass is 9.94. The fourth-order valence-corrected chi connectivity index (χ4v) is 8.61. The molecule has 57 heavy (non-hydrogen) atoms. The first kappa shape index (κ1) is 37.7. The minimum absolute atomic E-state index is 0.0300. The van der Waals surface area contributed by atoms with E-state index in [-0.39, 0.29) is 53.6 Å². The molecule has 8 rings (SSSR count). The van der Waals surface area contributed by atoms with Gasteiger partial charge in [-0.2, -0.15) is 0 Å². The van der Waals surface area contributed by atoms with Gasteiger partial charge in [0.1, 0.15) is 11.7 Å². The van der Waals surface area contributed by atoms with E-state index in [0.717, 1.165) is 47.1 Å². The molecule has 0 aliphatic carbocycles. The predicted molar refractivity (Wildman–Crippen MR) is 210 cm³/mol. The lowest BCUT2D eigenvalue weighted by Crippen LogP contribution is -2.54. The smallest absolute Gasteiger partial charge is 0.321 e. The van der Waals surface area contributed by atoms with Gasteiger partial charge < -0.3 is 34.4 Å². The average Bonchev–Trinajstić information content (AvgIpc) is 3.78. The second-order valence-electron chi connectivity index (χ2n) is 15.4. The Hall–Kier alpha value is -6.19. The van der Waals surface area contributed by atoms with Crippen molar-refractivity contribution in [1.82, 2.24) is 29.1 Å². The molecule has 2 aromatic carbocycles. The van der Waals surface area contributed by atoms with Gasteiger partial charge in [0, 0.05) is 115 Å². The van der Waals surface area contributed by atoms with Crippen LogP contribution in [0.4, 0.5) is 21.9 Å². The van der Waals surface area contributed by atoms with Crippen molar-refractivity contribution in [2.75, 3.05) is 87.6 Å². The van der Waals surface area contributed by atoms with Crippen LogP contribution in [0.25, 0.3) is 0 Å². The normalized spacial score (nSPS) is 20.7. The van der Waals surface area contributed by atoms with Crippen LogP contribution in [0, 0.1) is 5.92 Å². The maximum Gasteiger partial charge on any atom is 0.321 e. The Morgan fingerprint density at radius 2 is 1.26 bits per heavy atom. The molecule has 3 aromatic rings. The number of rotatable bonds is 6. The lowest BCUT2D eigenvalue weighted by Gasteiger charge is -2.39. The molecule has 4 fully saturated rings. The van der Waals surface area contributed by atoms with E-state index in [1.54, 1.807) is 38.6 Å². The first-order chi connectivity index (χ1) is 27.5. The molecule has 298 valence electrons. The molecule has 1 aromatic heterocycles. The largest absolute Gasteiger partial charge is 0.371 e. The van der Waals surface area contributed by atoms with Gasteiger partial charge in [-0.25, -0.2) is 4.79 Å². The molecule has 16 heteroatoms. The number of aryl methyl sites for hydroxylation is 1. The third-order valence-electron chi connectivity index (χ3n) is 12.1. The number of nitrogens with zero attached hydrogens (tertiary/aromatic N) is 8. The SMILES string of the molecule is CN1C(=O)CCC(N2C(=O)c3ccc(N4CCN(C(=O)C5CCN(c6ccc(NC(=O)N7CCN(C(=O)c8cccn8C)CC7)cc6)CC5)CC4)cc3C2=O)C1=O. The summed E-state index contributed by atoms with van der Waals surface area (Å²) in [6.07, 6.45) is 3.52. The standard InChI is InChI=1S/C41H47N9O7/c1-43-15-3-4-33(43)40(56)48-22-24-49(25-23-48)41(57)42-28-5-7-29(8-6-28)45-16-13-27(14-17-45)36(52)47-20-18-46(19-21-47)30-9-10-31-32(26-30)38(54)50(37(31)53)34-11-12-35(51)44(2)39(34)55/h3-10,15,26-27,34H,11-14,16-25H2,1-2H3,(H,42,57). The number of likely N-dealkylation sites (N-methyl/N-ethyl adjacent to an activating group) is 1. The van der Waals surface area contributed by atoms with E-state index in [9.17, 15) is 33.6 Å². The Morgan fingerprint density at radius 1 is 0.649 bits per heavy atom. The first-order valence-electron chi connectivity index (χ1n) is 19.7. The molecule has 0 radical (unpaired) electrons. The molecule has 16 nitrogen and oxygen atoms in total. The highest BCUT2D eigenvalue weighted by Crippen LogP contribution is 2.33. The molecule has 0 saturated carbocycles. The van der Waals surface area contributed by atoms with E-state index in [1.807, 2.05) is 48.5 Å². The summed E-state index contributed by atoms with van der Waals surface area (Å²) in [4.78, 5) is 103. The van der Waals surface area contributed by atoms with Crippen LogP contribution in [0.5, 0.6) is 0 Å². The molecule has 8 amide bonds. The number of imide groups is 2. The molecule has 5 aliphatic heterocycles. The van der Waals surface area contributed by atoms with Crippen molar-refractivity contribution in [2.45, 2.75) is 31.7 Å². The number of hydrogen-bond acceptors (Lipinski definition) is 9. The molecule has 1 atom stereocenters. The van der Waals surface area contributed by atoms with E-state index < -0.39 is 23.8 Å². The number of aromatic nitrogens is 1. The molecule has 4 saturated heterocycles. The minimum Gasteiger partial charge on any atom is -0.371 e. The summed E-state index contributed by atoms with van der Waals surface area (Å²) in [5, 5.41) is 2.98. The highest BCUT2D eigenvalue weighted by Gasteiger charge is 2.46. The van der Waals surface area contributed by atoms with E-state index in [1.165, 1.54) is 7.05 Å². The summed E-state index contributed by atoms with van der Waals surface area (Å²) in [5.74, 6) is -1.87. The van der Waals surface area contributed by atoms with Gasteiger partial charge in [0.2, 0.25) is 11.8 Å². The predicted octanol–water partition coefficient (Wildman–Crippen LogP) is 2.32. The lowest BCUT2D eigenvalue weighted by molar-refractivity contribution is -0.149. The zero-order chi connectivity index (χ0) is 40.0. The van der Waals surface area contributed by atoms with E-state index >= 15 is 0 Å². The van der Waals surface area contributed by atoms with E-state index in [0.29, 0.717) is 63.7 Å². The number of carbonyl (C=O) groups excluding carboxylic acids is 7. The number of anilines is 3. The number of likely N-dealkylation sites (tertiary alicyclic amines) is 1. The summed E-state index contributed by atoms with van der Waals surface area (Å²) in [7, 11) is 3.22. The highest BCUT2D eigenvalue weighted by molar-refractivity contribution is 6.23. The maximum atomic E-state index is 13.6. The molecular weight excluding hydrogens is 731 g/mol. The van der Waals surface area contributed by atoms with E-state index in [4.69, 9.17) is 0 Å². The Morgan fingerprint density at radius 3 is 1.93 bits per heavy atom. The second kappa shape index (κ2) is 15.4. The zero-order valence-electron chi connectivity index (χ0n) is 32.3. The van der Waals surface area contributed by atoms with E-state index in [2.05, 4.69) is 15.1 Å². The molecule has 6 heterocycles. The summed E-state index contributed by atoms with van der Waals surface area (Å²) < 4.78 is 1.80. The van der Waals surface area contributed by atoms with Crippen LogP contribution in [0.2, 0.25) is 0 Å². The number of piperidine rings is 2. The van der Waals surface area contributed by atoms with Gasteiger partial charge in [-0.3, -0.25) is 38.6 Å². The minimum atomic E-state index is -0.996. The monoisotopic (exact) mass is 777 g/mol. The molecule has 0 spiro atoms. The zero-order valence-corrected chi connectivity index (χ0v) is 32.3. The Kier molecular flexibility index (Phi) is 10.2. The van der Waals surface area contributed by atoms with Crippen LogP contribution in [-0.2, 0) is 21.4 Å². The van der Waals surface area contributed by atoms with Crippen molar-refractivity contribution in [3.63, 3.8) is 0 Å². The fourth-order valence-electron chi connectivity index (χ4n) is 8.61. The first-order valence-corrected chi connectivity index (χ1v) is 19.7. The molecule has 0 bridgehead atoms. The average molecular weight is 778 g/mol. The highest BCUT2D eigenvalue weighted by atomic mass is 16.2. The third-order valence-corrected chi connectivity index (χ3v) is 12.1. The van der Waals surface area contributed by atoms with Crippen LogP contribution in [0.3, 0.4) is 0 Å². The maximum absolute atomic E-state index is 13.6. The van der Waals surface area contributed by atoms with Gasteiger partial charge in [0.05, 0.1) is 11.1 Å². The number of carbonyl (C=O) groups is 7. The van der Waals surface area contributed by atoms with Crippen molar-refractivity contribution in [1.29, 1.82) is 0 Å². The summed E-state index contributed by atoms with van der Waals surface area (Å²) in [5.41, 5.74) is 3.63. The fraction of sp³-hybridized carbons (Fsp3) is 0.439. The topological polar surface area (TPSA) is 159 Å².